The lowest BCUT2D eigenvalue weighted by atomic mass is 10.0. The van der Waals surface area contributed by atoms with Crippen molar-refractivity contribution in [3.05, 3.63) is 23.8 Å². The first-order valence-corrected chi connectivity index (χ1v) is 7.45. The molecule has 1 aliphatic heterocycles. The molecule has 0 radical (unpaired) electrons. The maximum Gasteiger partial charge on any atom is 0.224 e. The third-order valence-electron chi connectivity index (χ3n) is 3.84. The smallest absolute Gasteiger partial charge is 0.224 e. The number of hydrogen-bond donors (Lipinski definition) is 2. The van der Waals surface area contributed by atoms with E-state index in [4.69, 9.17) is 4.74 Å². The highest BCUT2D eigenvalue weighted by molar-refractivity contribution is 5.93. The molecule has 0 aliphatic carbocycles. The number of rotatable bonds is 7. The maximum absolute atomic E-state index is 11.3. The zero-order valence-electron chi connectivity index (χ0n) is 12.4. The van der Waals surface area contributed by atoms with Crippen molar-refractivity contribution in [2.24, 2.45) is 0 Å². The fraction of sp³-hybridized carbons (Fsp3) is 0.562. The fourth-order valence-electron chi connectivity index (χ4n) is 2.52. The van der Waals surface area contributed by atoms with Crippen molar-refractivity contribution in [3.63, 3.8) is 0 Å². The van der Waals surface area contributed by atoms with Gasteiger partial charge in [-0.15, -0.1) is 0 Å². The number of benzene rings is 1. The SMILES string of the molecule is CCC(CCCOc1ccc2c(c1)CCC(=O)N2)NC. The predicted octanol–water partition coefficient (Wildman–Crippen LogP) is 2.73. The standard InChI is InChI=1S/C16H24N2O2/c1-3-13(17-2)5-4-10-20-14-7-8-15-12(11-14)6-9-16(19)18-15/h7-8,11,13,17H,3-6,9-10H2,1-2H3,(H,18,19). The van der Waals surface area contributed by atoms with E-state index in [2.05, 4.69) is 17.6 Å². The van der Waals surface area contributed by atoms with E-state index in [9.17, 15) is 4.79 Å². The molecule has 2 N–H and O–H groups in total. The minimum atomic E-state index is 0.101. The first-order valence-electron chi connectivity index (χ1n) is 7.45. The van der Waals surface area contributed by atoms with Crippen LogP contribution < -0.4 is 15.4 Å². The van der Waals surface area contributed by atoms with Gasteiger partial charge in [-0.25, -0.2) is 0 Å². The van der Waals surface area contributed by atoms with Crippen LogP contribution in [0.1, 0.15) is 38.2 Å². The van der Waals surface area contributed by atoms with Crippen molar-refractivity contribution >= 4 is 11.6 Å². The van der Waals surface area contributed by atoms with Gasteiger partial charge in [0.05, 0.1) is 6.61 Å². The highest BCUT2D eigenvalue weighted by atomic mass is 16.5. The third-order valence-corrected chi connectivity index (χ3v) is 3.84. The summed E-state index contributed by atoms with van der Waals surface area (Å²) in [6.45, 7) is 2.93. The average Bonchev–Trinajstić information content (AvgIpc) is 2.47. The molecule has 0 saturated carbocycles. The topological polar surface area (TPSA) is 50.4 Å². The Balaban J connectivity index is 1.81. The van der Waals surface area contributed by atoms with Gasteiger partial charge in [-0.05, 0) is 56.5 Å². The van der Waals surface area contributed by atoms with Gasteiger partial charge in [0.1, 0.15) is 5.75 Å². The molecule has 0 bridgehead atoms. The van der Waals surface area contributed by atoms with Crippen LogP contribution in [0.4, 0.5) is 5.69 Å². The molecule has 4 heteroatoms. The Morgan fingerprint density at radius 3 is 3.00 bits per heavy atom. The van der Waals surface area contributed by atoms with E-state index in [1.54, 1.807) is 0 Å². The Hall–Kier alpha value is -1.55. The summed E-state index contributed by atoms with van der Waals surface area (Å²) in [4.78, 5) is 11.3. The lowest BCUT2D eigenvalue weighted by molar-refractivity contribution is -0.116. The fourth-order valence-corrected chi connectivity index (χ4v) is 2.52. The number of nitrogens with one attached hydrogen (secondary N) is 2. The van der Waals surface area contributed by atoms with Crippen molar-refractivity contribution in [1.82, 2.24) is 5.32 Å². The van der Waals surface area contributed by atoms with Crippen molar-refractivity contribution in [2.45, 2.75) is 45.1 Å². The number of fused-ring (bicyclic) bond motifs is 1. The van der Waals surface area contributed by atoms with Crippen LogP contribution >= 0.6 is 0 Å². The van der Waals surface area contributed by atoms with E-state index in [1.807, 2.05) is 25.2 Å². The van der Waals surface area contributed by atoms with Gasteiger partial charge in [0.25, 0.3) is 0 Å². The van der Waals surface area contributed by atoms with E-state index >= 15 is 0 Å². The lowest BCUT2D eigenvalue weighted by Gasteiger charge is -2.18. The van der Waals surface area contributed by atoms with Crippen LogP contribution in [0.5, 0.6) is 5.75 Å². The minimum absolute atomic E-state index is 0.101. The van der Waals surface area contributed by atoms with Gasteiger partial charge in [-0.2, -0.15) is 0 Å². The van der Waals surface area contributed by atoms with Gasteiger partial charge < -0.3 is 15.4 Å². The summed E-state index contributed by atoms with van der Waals surface area (Å²) < 4.78 is 5.80. The quantitative estimate of drug-likeness (QED) is 0.753. The van der Waals surface area contributed by atoms with E-state index in [0.29, 0.717) is 12.5 Å². The molecule has 1 unspecified atom stereocenters. The van der Waals surface area contributed by atoms with Crippen molar-refractivity contribution < 1.29 is 9.53 Å². The number of hydrogen-bond acceptors (Lipinski definition) is 3. The number of carbonyl (C=O) groups is 1. The molecule has 2 rings (SSSR count). The first-order chi connectivity index (χ1) is 9.72. The van der Waals surface area contributed by atoms with Gasteiger partial charge in [-0.1, -0.05) is 6.92 Å². The molecular formula is C16H24N2O2. The first kappa shape index (κ1) is 14.9. The second kappa shape index (κ2) is 7.29. The summed E-state index contributed by atoms with van der Waals surface area (Å²) in [6.07, 6.45) is 4.70. The summed E-state index contributed by atoms with van der Waals surface area (Å²) in [5.74, 6) is 1.00. The molecule has 4 nitrogen and oxygen atoms in total. The van der Waals surface area contributed by atoms with Crippen LogP contribution in [-0.4, -0.2) is 25.6 Å². The molecular weight excluding hydrogens is 252 g/mol. The molecule has 0 fully saturated rings. The summed E-state index contributed by atoms with van der Waals surface area (Å²) in [7, 11) is 2.01. The Kier molecular flexibility index (Phi) is 5.41. The molecule has 0 aromatic heterocycles. The van der Waals surface area contributed by atoms with E-state index in [1.165, 1.54) is 5.56 Å². The van der Waals surface area contributed by atoms with Gasteiger partial charge in [0.15, 0.2) is 0 Å². The van der Waals surface area contributed by atoms with Crippen molar-refractivity contribution in [3.8, 4) is 5.75 Å². The van der Waals surface area contributed by atoms with E-state index in [-0.39, 0.29) is 5.91 Å². The summed E-state index contributed by atoms with van der Waals surface area (Å²) in [6, 6.07) is 6.49. The molecule has 1 aromatic carbocycles. The van der Waals surface area contributed by atoms with Gasteiger partial charge in [0.2, 0.25) is 5.91 Å². The molecule has 20 heavy (non-hydrogen) atoms. The summed E-state index contributed by atoms with van der Waals surface area (Å²) in [5.41, 5.74) is 2.10. The molecule has 110 valence electrons. The maximum atomic E-state index is 11.3. The van der Waals surface area contributed by atoms with Gasteiger partial charge in [-0.3, -0.25) is 4.79 Å². The number of aryl methyl sites for hydroxylation is 1. The third kappa shape index (κ3) is 3.97. The van der Waals surface area contributed by atoms with Gasteiger partial charge >= 0.3 is 0 Å². The number of carbonyl (C=O) groups excluding carboxylic acids is 1. The van der Waals surface area contributed by atoms with Crippen molar-refractivity contribution in [1.29, 1.82) is 0 Å². The molecule has 0 spiro atoms. The zero-order chi connectivity index (χ0) is 14.4. The number of ether oxygens (including phenoxy) is 1. The second-order valence-electron chi connectivity index (χ2n) is 5.25. The molecule has 1 amide bonds. The number of amides is 1. The zero-order valence-corrected chi connectivity index (χ0v) is 12.4. The summed E-state index contributed by atoms with van der Waals surface area (Å²) in [5, 5.41) is 6.18. The Morgan fingerprint density at radius 1 is 1.40 bits per heavy atom. The molecule has 1 aliphatic rings. The van der Waals surface area contributed by atoms with Crippen LogP contribution in [0, 0.1) is 0 Å². The molecule has 1 atom stereocenters. The predicted molar refractivity (Wildman–Crippen MR) is 81.3 cm³/mol. The van der Waals surface area contributed by atoms with Crippen LogP contribution in [0.15, 0.2) is 18.2 Å². The normalized spacial score (nSPS) is 15.4. The molecule has 0 saturated heterocycles. The van der Waals surface area contributed by atoms with Crippen LogP contribution in [0.25, 0.3) is 0 Å². The van der Waals surface area contributed by atoms with E-state index < -0.39 is 0 Å². The number of anilines is 1. The van der Waals surface area contributed by atoms with Crippen molar-refractivity contribution in [2.75, 3.05) is 19.0 Å². The molecule has 1 heterocycles. The minimum Gasteiger partial charge on any atom is -0.494 e. The monoisotopic (exact) mass is 276 g/mol. The second-order valence-corrected chi connectivity index (χ2v) is 5.25. The van der Waals surface area contributed by atoms with E-state index in [0.717, 1.165) is 43.7 Å². The highest BCUT2D eigenvalue weighted by Gasteiger charge is 2.14. The Morgan fingerprint density at radius 2 is 2.25 bits per heavy atom. The highest BCUT2D eigenvalue weighted by Crippen LogP contribution is 2.26. The lowest BCUT2D eigenvalue weighted by Crippen LogP contribution is -2.24. The summed E-state index contributed by atoms with van der Waals surface area (Å²) >= 11 is 0. The Bertz CT molecular complexity index is 456. The largest absolute Gasteiger partial charge is 0.494 e. The van der Waals surface area contributed by atoms with Crippen LogP contribution in [-0.2, 0) is 11.2 Å². The molecule has 1 aromatic rings. The Labute approximate surface area is 120 Å². The average molecular weight is 276 g/mol. The van der Waals surface area contributed by atoms with Crippen LogP contribution in [0.2, 0.25) is 0 Å². The van der Waals surface area contributed by atoms with Crippen LogP contribution in [0.3, 0.4) is 0 Å². The van der Waals surface area contributed by atoms with Gasteiger partial charge in [0, 0.05) is 18.2 Å².